The van der Waals surface area contributed by atoms with Gasteiger partial charge in [-0.2, -0.15) is 0 Å². The van der Waals surface area contributed by atoms with Crippen molar-refractivity contribution in [3.8, 4) is 5.88 Å². The molecule has 98 valence electrons. The van der Waals surface area contributed by atoms with Crippen LogP contribution >= 0.6 is 0 Å². The van der Waals surface area contributed by atoms with Gasteiger partial charge in [0.2, 0.25) is 5.88 Å². The van der Waals surface area contributed by atoms with Crippen LogP contribution in [0.25, 0.3) is 0 Å². The van der Waals surface area contributed by atoms with Crippen molar-refractivity contribution < 1.29 is 9.47 Å². The van der Waals surface area contributed by atoms with Gasteiger partial charge in [0.1, 0.15) is 6.10 Å². The van der Waals surface area contributed by atoms with E-state index in [4.69, 9.17) is 9.47 Å². The molecule has 0 unspecified atom stereocenters. The minimum Gasteiger partial charge on any atom is -0.474 e. The van der Waals surface area contributed by atoms with Crippen molar-refractivity contribution in [2.75, 3.05) is 13.2 Å². The number of aromatic nitrogens is 1. The first-order chi connectivity index (χ1) is 8.92. The van der Waals surface area contributed by atoms with Gasteiger partial charge in [-0.05, 0) is 18.9 Å². The third-order valence-corrected chi connectivity index (χ3v) is 3.46. The Bertz CT molecular complexity index is 387. The second-order valence-electron chi connectivity index (χ2n) is 5.05. The van der Waals surface area contributed by atoms with Gasteiger partial charge in [-0.25, -0.2) is 4.98 Å². The smallest absolute Gasteiger partial charge is 0.218 e. The lowest BCUT2D eigenvalue weighted by Crippen LogP contribution is -2.27. The normalized spacial score (nSPS) is 20.9. The summed E-state index contributed by atoms with van der Waals surface area (Å²) in [7, 11) is 0. The van der Waals surface area contributed by atoms with Gasteiger partial charge >= 0.3 is 0 Å². The van der Waals surface area contributed by atoms with Crippen LogP contribution in [0, 0.1) is 0 Å². The van der Waals surface area contributed by atoms with Crippen LogP contribution in [0.15, 0.2) is 18.3 Å². The topological polar surface area (TPSA) is 43.4 Å². The second-order valence-corrected chi connectivity index (χ2v) is 5.05. The highest BCUT2D eigenvalue weighted by molar-refractivity contribution is 5.25. The van der Waals surface area contributed by atoms with Crippen LogP contribution in [0.5, 0.6) is 5.88 Å². The van der Waals surface area contributed by atoms with Gasteiger partial charge in [-0.1, -0.05) is 6.07 Å². The predicted molar refractivity (Wildman–Crippen MR) is 68.6 cm³/mol. The standard InChI is InChI=1S/C14H20N2O2/c1-2-11(10-16-12-3-4-12)14(15-7-1)18-13-5-8-17-9-6-13/h1-2,7,12-13,16H,3-6,8-10H2. The first-order valence-electron chi connectivity index (χ1n) is 6.83. The summed E-state index contributed by atoms with van der Waals surface area (Å²) in [6, 6.07) is 4.78. The average molecular weight is 248 g/mol. The number of hydrogen-bond donors (Lipinski definition) is 1. The molecule has 1 saturated carbocycles. The second kappa shape index (κ2) is 5.67. The van der Waals surface area contributed by atoms with E-state index < -0.39 is 0 Å². The Morgan fingerprint density at radius 3 is 2.89 bits per heavy atom. The molecule has 0 bridgehead atoms. The molecule has 18 heavy (non-hydrogen) atoms. The summed E-state index contributed by atoms with van der Waals surface area (Å²) < 4.78 is 11.4. The van der Waals surface area contributed by atoms with E-state index in [1.54, 1.807) is 6.20 Å². The van der Waals surface area contributed by atoms with Crippen molar-refractivity contribution in [3.05, 3.63) is 23.9 Å². The first kappa shape index (κ1) is 11.9. The molecule has 4 heteroatoms. The molecule has 2 heterocycles. The summed E-state index contributed by atoms with van der Waals surface area (Å²) in [5.74, 6) is 0.789. The molecule has 0 spiro atoms. The molecule has 2 aliphatic rings. The Hall–Kier alpha value is -1.13. The van der Waals surface area contributed by atoms with Crippen molar-refractivity contribution in [1.82, 2.24) is 10.3 Å². The number of rotatable bonds is 5. The van der Waals surface area contributed by atoms with Gasteiger partial charge < -0.3 is 14.8 Å². The monoisotopic (exact) mass is 248 g/mol. The van der Waals surface area contributed by atoms with Gasteiger partial charge in [0.25, 0.3) is 0 Å². The van der Waals surface area contributed by atoms with Crippen LogP contribution in [0.2, 0.25) is 0 Å². The van der Waals surface area contributed by atoms with Crippen LogP contribution in [0.4, 0.5) is 0 Å². The minimum atomic E-state index is 0.258. The maximum Gasteiger partial charge on any atom is 0.218 e. The quantitative estimate of drug-likeness (QED) is 0.864. The predicted octanol–water partition coefficient (Wildman–Crippen LogP) is 1.89. The largest absolute Gasteiger partial charge is 0.474 e. The van der Waals surface area contributed by atoms with E-state index in [1.165, 1.54) is 12.8 Å². The number of hydrogen-bond acceptors (Lipinski definition) is 4. The van der Waals surface area contributed by atoms with Gasteiger partial charge in [0.05, 0.1) is 13.2 Å². The molecule has 1 saturated heterocycles. The van der Waals surface area contributed by atoms with E-state index in [0.717, 1.165) is 44.0 Å². The van der Waals surface area contributed by atoms with Crippen molar-refractivity contribution in [2.24, 2.45) is 0 Å². The highest BCUT2D eigenvalue weighted by Crippen LogP contribution is 2.23. The molecule has 0 radical (unpaired) electrons. The van der Waals surface area contributed by atoms with Crippen LogP contribution in [0.1, 0.15) is 31.2 Å². The fraction of sp³-hybridized carbons (Fsp3) is 0.643. The summed E-state index contributed by atoms with van der Waals surface area (Å²) in [6.07, 6.45) is 6.59. The van der Waals surface area contributed by atoms with Crippen molar-refractivity contribution >= 4 is 0 Å². The molecule has 0 aromatic carbocycles. The Morgan fingerprint density at radius 2 is 2.11 bits per heavy atom. The fourth-order valence-electron chi connectivity index (χ4n) is 2.16. The summed E-state index contributed by atoms with van der Waals surface area (Å²) in [4.78, 5) is 4.37. The maximum atomic E-state index is 6.01. The Balaban J connectivity index is 1.61. The van der Waals surface area contributed by atoms with Crippen LogP contribution in [-0.2, 0) is 11.3 Å². The van der Waals surface area contributed by atoms with Crippen molar-refractivity contribution in [1.29, 1.82) is 0 Å². The Kier molecular flexibility index (Phi) is 3.76. The summed E-state index contributed by atoms with van der Waals surface area (Å²) in [5, 5.41) is 3.51. The molecule has 1 N–H and O–H groups in total. The summed E-state index contributed by atoms with van der Waals surface area (Å²) in [5.41, 5.74) is 1.16. The summed E-state index contributed by atoms with van der Waals surface area (Å²) in [6.45, 7) is 2.46. The van der Waals surface area contributed by atoms with Crippen LogP contribution in [0.3, 0.4) is 0 Å². The molecule has 1 aliphatic carbocycles. The average Bonchev–Trinajstić information content (AvgIpc) is 3.23. The van der Waals surface area contributed by atoms with E-state index in [-0.39, 0.29) is 6.10 Å². The van der Waals surface area contributed by atoms with E-state index >= 15 is 0 Å². The Labute approximate surface area is 108 Å². The van der Waals surface area contributed by atoms with E-state index in [0.29, 0.717) is 6.04 Å². The molecular weight excluding hydrogens is 228 g/mol. The Morgan fingerprint density at radius 1 is 1.28 bits per heavy atom. The number of nitrogens with zero attached hydrogens (tertiary/aromatic N) is 1. The zero-order valence-electron chi connectivity index (χ0n) is 10.6. The third-order valence-electron chi connectivity index (χ3n) is 3.46. The molecule has 2 fully saturated rings. The van der Waals surface area contributed by atoms with E-state index in [9.17, 15) is 0 Å². The first-order valence-corrected chi connectivity index (χ1v) is 6.83. The summed E-state index contributed by atoms with van der Waals surface area (Å²) >= 11 is 0. The molecule has 3 rings (SSSR count). The van der Waals surface area contributed by atoms with E-state index in [2.05, 4.69) is 16.4 Å². The van der Waals surface area contributed by atoms with Crippen LogP contribution in [-0.4, -0.2) is 30.3 Å². The lowest BCUT2D eigenvalue weighted by molar-refractivity contribution is 0.0233. The molecule has 1 aromatic rings. The zero-order chi connectivity index (χ0) is 12.2. The SMILES string of the molecule is c1cnc(OC2CCOCC2)c(CNC2CC2)c1. The highest BCUT2D eigenvalue weighted by atomic mass is 16.5. The van der Waals surface area contributed by atoms with Gasteiger partial charge in [-0.3, -0.25) is 0 Å². The molecule has 1 aliphatic heterocycles. The minimum absolute atomic E-state index is 0.258. The fourth-order valence-corrected chi connectivity index (χ4v) is 2.16. The molecule has 1 aromatic heterocycles. The molecule has 4 nitrogen and oxygen atoms in total. The number of nitrogens with one attached hydrogen (secondary N) is 1. The molecular formula is C14H20N2O2. The van der Waals surface area contributed by atoms with Gasteiger partial charge in [0, 0.05) is 37.2 Å². The number of ether oxygens (including phenoxy) is 2. The van der Waals surface area contributed by atoms with Gasteiger partial charge in [0.15, 0.2) is 0 Å². The van der Waals surface area contributed by atoms with Gasteiger partial charge in [-0.15, -0.1) is 0 Å². The number of pyridine rings is 1. The van der Waals surface area contributed by atoms with Crippen LogP contribution < -0.4 is 10.1 Å². The van der Waals surface area contributed by atoms with E-state index in [1.807, 2.05) is 6.07 Å². The molecule has 0 atom stereocenters. The van der Waals surface area contributed by atoms with Crippen molar-refractivity contribution in [2.45, 2.75) is 44.4 Å². The maximum absolute atomic E-state index is 6.01. The van der Waals surface area contributed by atoms with Crippen molar-refractivity contribution in [3.63, 3.8) is 0 Å². The third kappa shape index (κ3) is 3.21. The lowest BCUT2D eigenvalue weighted by Gasteiger charge is -2.23. The highest BCUT2D eigenvalue weighted by Gasteiger charge is 2.21. The molecule has 0 amide bonds. The lowest BCUT2D eigenvalue weighted by atomic mass is 10.1. The zero-order valence-corrected chi connectivity index (χ0v) is 10.6.